The number of rotatable bonds is 5. The van der Waals surface area contributed by atoms with Crippen LogP contribution in [-0.4, -0.2) is 33.8 Å². The highest BCUT2D eigenvalue weighted by Gasteiger charge is 2.35. The number of hydrogen-bond acceptors (Lipinski definition) is 4. The van der Waals surface area contributed by atoms with Gasteiger partial charge in [0.1, 0.15) is 17.5 Å². The predicted octanol–water partition coefficient (Wildman–Crippen LogP) is 3.52. The molecule has 1 amide bonds. The summed E-state index contributed by atoms with van der Waals surface area (Å²) in [6, 6.07) is 13.0. The van der Waals surface area contributed by atoms with Crippen LogP contribution in [0.2, 0.25) is 0 Å². The van der Waals surface area contributed by atoms with Crippen molar-refractivity contribution in [1.82, 2.24) is 4.98 Å². The summed E-state index contributed by atoms with van der Waals surface area (Å²) in [7, 11) is 0. The smallest absolute Gasteiger partial charge is 0.416 e. The van der Waals surface area contributed by atoms with E-state index in [0.717, 1.165) is 10.5 Å². The highest BCUT2D eigenvalue weighted by molar-refractivity contribution is 5.94. The first-order valence-corrected chi connectivity index (χ1v) is 7.98. The molecule has 0 aliphatic carbocycles. The second-order valence-electron chi connectivity index (χ2n) is 6.58. The molecule has 0 radical (unpaired) electrons. The van der Waals surface area contributed by atoms with Gasteiger partial charge in [0, 0.05) is 12.6 Å². The maximum absolute atomic E-state index is 12.7. The van der Waals surface area contributed by atoms with E-state index in [1.54, 1.807) is 39.0 Å². The number of hydrogen-bond donors (Lipinski definition) is 1. The van der Waals surface area contributed by atoms with Crippen LogP contribution >= 0.6 is 0 Å². The SMILES string of the molecule is CC(C)(C)OC(=O)N(c1ccccn1)[C@H](Cc1ccccc1)C(=O)O. The number of amides is 1. The number of carbonyl (C=O) groups excluding carboxylic acids is 1. The van der Waals surface area contributed by atoms with Gasteiger partial charge in [0.15, 0.2) is 0 Å². The van der Waals surface area contributed by atoms with Gasteiger partial charge in [0.05, 0.1) is 0 Å². The molecule has 132 valence electrons. The van der Waals surface area contributed by atoms with E-state index in [1.807, 2.05) is 30.3 Å². The van der Waals surface area contributed by atoms with Crippen LogP contribution in [0.25, 0.3) is 0 Å². The number of anilines is 1. The van der Waals surface area contributed by atoms with Gasteiger partial charge >= 0.3 is 12.1 Å². The monoisotopic (exact) mass is 342 g/mol. The average molecular weight is 342 g/mol. The third-order valence-corrected chi connectivity index (χ3v) is 3.35. The average Bonchev–Trinajstić information content (AvgIpc) is 2.54. The van der Waals surface area contributed by atoms with Crippen molar-refractivity contribution in [2.45, 2.75) is 38.8 Å². The van der Waals surface area contributed by atoms with Crippen LogP contribution in [0.1, 0.15) is 26.3 Å². The topological polar surface area (TPSA) is 79.7 Å². The largest absolute Gasteiger partial charge is 0.480 e. The maximum Gasteiger partial charge on any atom is 0.416 e. The van der Waals surface area contributed by atoms with Crippen LogP contribution in [0, 0.1) is 0 Å². The number of carboxylic acids is 1. The lowest BCUT2D eigenvalue weighted by atomic mass is 10.0. The van der Waals surface area contributed by atoms with Gasteiger partial charge in [-0.25, -0.2) is 19.5 Å². The molecule has 1 aromatic carbocycles. The van der Waals surface area contributed by atoms with Crippen molar-refractivity contribution < 1.29 is 19.4 Å². The van der Waals surface area contributed by atoms with E-state index in [2.05, 4.69) is 4.98 Å². The third kappa shape index (κ3) is 5.31. The Morgan fingerprint density at radius 3 is 2.28 bits per heavy atom. The first-order chi connectivity index (χ1) is 11.8. The van der Waals surface area contributed by atoms with Gasteiger partial charge in [-0.1, -0.05) is 36.4 Å². The van der Waals surface area contributed by atoms with Crippen LogP contribution in [0.15, 0.2) is 54.7 Å². The minimum Gasteiger partial charge on any atom is -0.480 e. The maximum atomic E-state index is 12.7. The van der Waals surface area contributed by atoms with Gasteiger partial charge in [-0.05, 0) is 38.5 Å². The van der Waals surface area contributed by atoms with Gasteiger partial charge in [-0.2, -0.15) is 0 Å². The van der Waals surface area contributed by atoms with Crippen molar-refractivity contribution in [3.05, 3.63) is 60.3 Å². The molecule has 0 aliphatic heterocycles. The number of nitrogens with zero attached hydrogens (tertiary/aromatic N) is 2. The van der Waals surface area contributed by atoms with Gasteiger partial charge < -0.3 is 9.84 Å². The fourth-order valence-electron chi connectivity index (χ4n) is 2.31. The zero-order chi connectivity index (χ0) is 18.4. The highest BCUT2D eigenvalue weighted by Crippen LogP contribution is 2.21. The number of pyridine rings is 1. The van der Waals surface area contributed by atoms with Gasteiger partial charge in [-0.15, -0.1) is 0 Å². The predicted molar refractivity (Wildman–Crippen MR) is 94.5 cm³/mol. The number of aliphatic carboxylic acids is 1. The molecule has 1 heterocycles. The number of aromatic nitrogens is 1. The summed E-state index contributed by atoms with van der Waals surface area (Å²) < 4.78 is 5.41. The summed E-state index contributed by atoms with van der Waals surface area (Å²) in [4.78, 5) is 29.8. The van der Waals surface area contributed by atoms with E-state index in [9.17, 15) is 14.7 Å². The molecule has 0 saturated carbocycles. The summed E-state index contributed by atoms with van der Waals surface area (Å²) in [6.07, 6.45) is 0.912. The molecule has 1 N–H and O–H groups in total. The molecule has 0 aliphatic rings. The Bertz CT molecular complexity index is 711. The number of carbonyl (C=O) groups is 2. The first kappa shape index (κ1) is 18.4. The third-order valence-electron chi connectivity index (χ3n) is 3.35. The molecule has 6 heteroatoms. The van der Waals surface area contributed by atoms with Crippen LogP contribution in [0.4, 0.5) is 10.6 Å². The Balaban J connectivity index is 2.40. The fraction of sp³-hybridized carbons (Fsp3) is 0.316. The van der Waals surface area contributed by atoms with Crippen molar-refractivity contribution in [2.24, 2.45) is 0 Å². The lowest BCUT2D eigenvalue weighted by Gasteiger charge is -2.30. The van der Waals surface area contributed by atoms with E-state index in [1.165, 1.54) is 6.20 Å². The van der Waals surface area contributed by atoms with E-state index >= 15 is 0 Å². The van der Waals surface area contributed by atoms with Crippen LogP contribution in [0.3, 0.4) is 0 Å². The van der Waals surface area contributed by atoms with Crippen molar-refractivity contribution in [2.75, 3.05) is 4.90 Å². The molecule has 0 bridgehead atoms. The molecule has 0 saturated heterocycles. The van der Waals surface area contributed by atoms with Crippen LogP contribution in [-0.2, 0) is 16.0 Å². The summed E-state index contributed by atoms with van der Waals surface area (Å²) >= 11 is 0. The number of benzene rings is 1. The lowest BCUT2D eigenvalue weighted by molar-refractivity contribution is -0.138. The fourth-order valence-corrected chi connectivity index (χ4v) is 2.31. The Morgan fingerprint density at radius 1 is 1.12 bits per heavy atom. The quantitative estimate of drug-likeness (QED) is 0.899. The Morgan fingerprint density at radius 2 is 1.76 bits per heavy atom. The highest BCUT2D eigenvalue weighted by atomic mass is 16.6. The van der Waals surface area contributed by atoms with E-state index in [-0.39, 0.29) is 12.2 Å². The van der Waals surface area contributed by atoms with Crippen molar-refractivity contribution in [3.63, 3.8) is 0 Å². The summed E-state index contributed by atoms with van der Waals surface area (Å²) in [5.74, 6) is -0.888. The second kappa shape index (κ2) is 7.79. The molecule has 0 spiro atoms. The van der Waals surface area contributed by atoms with E-state index < -0.39 is 23.7 Å². The van der Waals surface area contributed by atoms with E-state index in [4.69, 9.17) is 4.74 Å². The minimum atomic E-state index is -1.13. The normalized spacial score (nSPS) is 12.3. The summed E-state index contributed by atoms with van der Waals surface area (Å²) in [6.45, 7) is 5.19. The van der Waals surface area contributed by atoms with Gasteiger partial charge in [0.25, 0.3) is 0 Å². The minimum absolute atomic E-state index is 0.145. The second-order valence-corrected chi connectivity index (χ2v) is 6.58. The molecule has 0 fully saturated rings. The molecule has 0 unspecified atom stereocenters. The lowest BCUT2D eigenvalue weighted by Crippen LogP contribution is -2.49. The Kier molecular flexibility index (Phi) is 5.75. The zero-order valence-electron chi connectivity index (χ0n) is 14.5. The molecular weight excluding hydrogens is 320 g/mol. The van der Waals surface area contributed by atoms with Crippen molar-refractivity contribution in [1.29, 1.82) is 0 Å². The zero-order valence-corrected chi connectivity index (χ0v) is 14.5. The number of ether oxygens (including phenoxy) is 1. The van der Waals surface area contributed by atoms with Crippen LogP contribution in [0.5, 0.6) is 0 Å². The molecule has 1 aromatic heterocycles. The molecule has 2 rings (SSSR count). The molecule has 25 heavy (non-hydrogen) atoms. The Labute approximate surface area is 147 Å². The summed E-state index contributed by atoms with van der Waals surface area (Å²) in [5.41, 5.74) is 0.0549. The first-order valence-electron chi connectivity index (χ1n) is 7.98. The molecule has 1 atom stereocenters. The molecule has 2 aromatic rings. The molecule has 6 nitrogen and oxygen atoms in total. The standard InChI is InChI=1S/C19H22N2O4/c1-19(2,3)25-18(24)21(16-11-7-8-12-20-16)15(17(22)23)13-14-9-5-4-6-10-14/h4-12,15H,13H2,1-3H3,(H,22,23)/t15-/m1/s1. The van der Waals surface area contributed by atoms with Gasteiger partial charge in [-0.3, -0.25) is 0 Å². The molecular formula is C19H22N2O4. The van der Waals surface area contributed by atoms with Crippen molar-refractivity contribution in [3.8, 4) is 0 Å². The van der Waals surface area contributed by atoms with Crippen molar-refractivity contribution >= 4 is 17.9 Å². The summed E-state index contributed by atoms with van der Waals surface area (Å²) in [5, 5.41) is 9.74. The van der Waals surface area contributed by atoms with Gasteiger partial charge in [0.2, 0.25) is 0 Å². The van der Waals surface area contributed by atoms with E-state index in [0.29, 0.717) is 0 Å². The number of carboxylic acid groups (broad SMARTS) is 1. The Hall–Kier alpha value is -2.89. The van der Waals surface area contributed by atoms with Crippen LogP contribution < -0.4 is 4.90 Å².